The minimum absolute atomic E-state index is 0.00761. The Morgan fingerprint density at radius 1 is 0.862 bits per heavy atom. The molecular weight excluding hydrogens is 368 g/mol. The summed E-state index contributed by atoms with van der Waals surface area (Å²) >= 11 is 0. The second kappa shape index (κ2) is 7.48. The van der Waals surface area contributed by atoms with Crippen molar-refractivity contribution in [1.82, 2.24) is 0 Å². The minimum Gasteiger partial charge on any atom is -0.508 e. The predicted molar refractivity (Wildman–Crippen MR) is 112 cm³/mol. The fraction of sp³-hybridized carbons (Fsp3) is 0. The third-order valence-electron chi connectivity index (χ3n) is 4.57. The van der Waals surface area contributed by atoms with E-state index >= 15 is 0 Å². The average Bonchev–Trinajstić information content (AvgIpc) is 2.72. The first kappa shape index (κ1) is 18.3. The van der Waals surface area contributed by atoms with Crippen molar-refractivity contribution in [3.63, 3.8) is 0 Å². The summed E-state index contributed by atoms with van der Waals surface area (Å²) in [5, 5.41) is 19.3. The van der Waals surface area contributed by atoms with Gasteiger partial charge in [-0.1, -0.05) is 54.6 Å². The highest BCUT2D eigenvalue weighted by Gasteiger charge is 2.18. The lowest BCUT2D eigenvalue weighted by molar-refractivity contribution is -0.131. The van der Waals surface area contributed by atoms with Gasteiger partial charge in [0.1, 0.15) is 11.3 Å². The Kier molecular flexibility index (Phi) is 4.71. The molecule has 142 valence electrons. The molecule has 2 N–H and O–H groups in total. The highest BCUT2D eigenvalue weighted by molar-refractivity contribution is 6.01. The monoisotopic (exact) mass is 384 g/mol. The molecule has 29 heavy (non-hydrogen) atoms. The number of carboxylic acids is 1. The Morgan fingerprint density at radius 2 is 1.55 bits per heavy atom. The first-order chi connectivity index (χ1) is 14.0. The van der Waals surface area contributed by atoms with E-state index in [1.807, 2.05) is 42.5 Å². The Hall–Kier alpha value is -4.12. The average molecular weight is 384 g/mol. The summed E-state index contributed by atoms with van der Waals surface area (Å²) in [5.41, 5.74) is 3.14. The molecule has 0 saturated carbocycles. The summed E-state index contributed by atoms with van der Waals surface area (Å²) in [4.78, 5) is 23.6. The van der Waals surface area contributed by atoms with Gasteiger partial charge in [-0.2, -0.15) is 0 Å². The highest BCUT2D eigenvalue weighted by atomic mass is 16.4. The molecule has 5 nitrogen and oxygen atoms in total. The molecule has 0 amide bonds. The standard InChI is InChI=1S/C24H16O5/c25-18-11-12-19-20(14-18)29-24(28)23(16-4-2-1-3-5-16)22(19)17-9-6-15(7-10-17)8-13-21(26)27/h1-14,25H,(H,26,27). The summed E-state index contributed by atoms with van der Waals surface area (Å²) in [7, 11) is 0. The van der Waals surface area contributed by atoms with Crippen molar-refractivity contribution in [2.24, 2.45) is 0 Å². The highest BCUT2D eigenvalue weighted by Crippen LogP contribution is 2.37. The van der Waals surface area contributed by atoms with Crippen LogP contribution in [-0.4, -0.2) is 16.2 Å². The lowest BCUT2D eigenvalue weighted by Gasteiger charge is -2.13. The zero-order valence-corrected chi connectivity index (χ0v) is 15.2. The fourth-order valence-corrected chi connectivity index (χ4v) is 3.28. The van der Waals surface area contributed by atoms with Gasteiger partial charge in [0.25, 0.3) is 0 Å². The molecule has 3 aromatic carbocycles. The maximum Gasteiger partial charge on any atom is 0.344 e. The Bertz CT molecular complexity index is 1280. The van der Waals surface area contributed by atoms with Gasteiger partial charge < -0.3 is 14.6 Å². The van der Waals surface area contributed by atoms with Gasteiger partial charge in [-0.3, -0.25) is 0 Å². The molecule has 1 heterocycles. The van der Waals surface area contributed by atoms with Gasteiger partial charge in [-0.15, -0.1) is 0 Å². The fourth-order valence-electron chi connectivity index (χ4n) is 3.28. The van der Waals surface area contributed by atoms with Gasteiger partial charge in [-0.25, -0.2) is 9.59 Å². The van der Waals surface area contributed by atoms with E-state index in [0.717, 1.165) is 22.8 Å². The molecule has 0 spiro atoms. The van der Waals surface area contributed by atoms with Crippen molar-refractivity contribution in [3.05, 3.63) is 94.9 Å². The van der Waals surface area contributed by atoms with Crippen LogP contribution >= 0.6 is 0 Å². The van der Waals surface area contributed by atoms with Crippen molar-refractivity contribution in [2.75, 3.05) is 0 Å². The van der Waals surface area contributed by atoms with Gasteiger partial charge in [0.05, 0.1) is 5.56 Å². The molecule has 5 heteroatoms. The van der Waals surface area contributed by atoms with Gasteiger partial charge in [0, 0.05) is 23.1 Å². The SMILES string of the molecule is O=C(O)C=Cc1ccc(-c2c(-c3ccccc3)c(=O)oc3cc(O)ccc23)cc1. The summed E-state index contributed by atoms with van der Waals surface area (Å²) in [5.74, 6) is -1.01. The maximum absolute atomic E-state index is 12.9. The second-order valence-electron chi connectivity index (χ2n) is 6.48. The topological polar surface area (TPSA) is 87.7 Å². The van der Waals surface area contributed by atoms with Gasteiger partial charge >= 0.3 is 11.6 Å². The molecule has 0 unspecified atom stereocenters. The molecule has 0 atom stereocenters. The van der Waals surface area contributed by atoms with E-state index in [4.69, 9.17) is 9.52 Å². The molecule has 0 aliphatic heterocycles. The third kappa shape index (κ3) is 3.66. The lowest BCUT2D eigenvalue weighted by Crippen LogP contribution is -2.06. The van der Waals surface area contributed by atoms with Crippen LogP contribution < -0.4 is 5.63 Å². The zero-order chi connectivity index (χ0) is 20.4. The number of hydrogen-bond donors (Lipinski definition) is 2. The lowest BCUT2D eigenvalue weighted by atomic mass is 9.92. The summed E-state index contributed by atoms with van der Waals surface area (Å²) in [6, 6.07) is 21.1. The first-order valence-corrected chi connectivity index (χ1v) is 8.89. The number of fused-ring (bicyclic) bond motifs is 1. The smallest absolute Gasteiger partial charge is 0.344 e. The molecular formula is C24H16O5. The molecule has 1 aromatic heterocycles. The number of phenols is 1. The van der Waals surface area contributed by atoms with E-state index in [9.17, 15) is 14.7 Å². The number of aliphatic carboxylic acids is 1. The van der Waals surface area contributed by atoms with E-state index in [2.05, 4.69) is 0 Å². The van der Waals surface area contributed by atoms with Gasteiger partial charge in [0.15, 0.2) is 0 Å². The van der Waals surface area contributed by atoms with Crippen molar-refractivity contribution < 1.29 is 19.4 Å². The van der Waals surface area contributed by atoms with Crippen LogP contribution in [0.5, 0.6) is 5.75 Å². The van der Waals surface area contributed by atoms with Gasteiger partial charge in [-0.05, 0) is 34.9 Å². The van der Waals surface area contributed by atoms with Crippen LogP contribution in [0, 0.1) is 0 Å². The normalized spacial score (nSPS) is 11.2. The van der Waals surface area contributed by atoms with E-state index in [1.54, 1.807) is 24.3 Å². The van der Waals surface area contributed by atoms with Crippen LogP contribution in [0.1, 0.15) is 5.56 Å². The number of carboxylic acid groups (broad SMARTS) is 1. The molecule has 0 aliphatic rings. The van der Waals surface area contributed by atoms with Crippen LogP contribution in [-0.2, 0) is 4.79 Å². The number of aromatic hydroxyl groups is 1. The molecule has 0 bridgehead atoms. The number of rotatable bonds is 4. The van der Waals surface area contributed by atoms with E-state index in [0.29, 0.717) is 22.1 Å². The van der Waals surface area contributed by atoms with E-state index in [-0.39, 0.29) is 5.75 Å². The first-order valence-electron chi connectivity index (χ1n) is 8.89. The minimum atomic E-state index is -1.02. The van der Waals surface area contributed by atoms with Crippen LogP contribution in [0.15, 0.2) is 88.1 Å². The number of phenolic OH excluding ortho intramolecular Hbond substituents is 1. The maximum atomic E-state index is 12.9. The molecule has 0 aliphatic carbocycles. The quantitative estimate of drug-likeness (QED) is 0.385. The summed E-state index contributed by atoms with van der Waals surface area (Å²) in [6.07, 6.45) is 2.57. The summed E-state index contributed by atoms with van der Waals surface area (Å²) < 4.78 is 5.49. The number of carbonyl (C=O) groups is 1. The molecule has 4 rings (SSSR count). The number of benzene rings is 3. The Balaban J connectivity index is 1.99. The molecule has 0 saturated heterocycles. The molecule has 0 radical (unpaired) electrons. The van der Waals surface area contributed by atoms with Crippen molar-refractivity contribution in [3.8, 4) is 28.0 Å². The van der Waals surface area contributed by atoms with Gasteiger partial charge in [0.2, 0.25) is 0 Å². The molecule has 4 aromatic rings. The third-order valence-corrected chi connectivity index (χ3v) is 4.57. The van der Waals surface area contributed by atoms with Crippen molar-refractivity contribution >= 4 is 23.0 Å². The van der Waals surface area contributed by atoms with E-state index < -0.39 is 11.6 Å². The second-order valence-corrected chi connectivity index (χ2v) is 6.48. The zero-order valence-electron chi connectivity index (χ0n) is 15.2. The van der Waals surface area contributed by atoms with E-state index in [1.165, 1.54) is 12.1 Å². The van der Waals surface area contributed by atoms with Crippen molar-refractivity contribution in [2.45, 2.75) is 0 Å². The van der Waals surface area contributed by atoms with Crippen LogP contribution in [0.25, 0.3) is 39.3 Å². The Morgan fingerprint density at radius 3 is 2.24 bits per heavy atom. The molecule has 0 fully saturated rings. The Labute approximate surface area is 165 Å². The largest absolute Gasteiger partial charge is 0.508 e. The van der Waals surface area contributed by atoms with Crippen LogP contribution in [0.4, 0.5) is 0 Å². The number of hydrogen-bond acceptors (Lipinski definition) is 4. The van der Waals surface area contributed by atoms with Crippen molar-refractivity contribution in [1.29, 1.82) is 0 Å². The summed E-state index contributed by atoms with van der Waals surface area (Å²) in [6.45, 7) is 0. The van der Waals surface area contributed by atoms with Crippen LogP contribution in [0.3, 0.4) is 0 Å². The van der Waals surface area contributed by atoms with Crippen LogP contribution in [0.2, 0.25) is 0 Å². The predicted octanol–water partition coefficient (Wildman–Crippen LogP) is 4.93.